The lowest BCUT2D eigenvalue weighted by molar-refractivity contribution is -0.140. The van der Waals surface area contributed by atoms with Crippen molar-refractivity contribution in [3.8, 4) is 0 Å². The van der Waals surface area contributed by atoms with E-state index in [2.05, 4.69) is 10.4 Å². The molecule has 0 radical (unpaired) electrons. The van der Waals surface area contributed by atoms with Crippen LogP contribution in [-0.2, 0) is 21.4 Å². The van der Waals surface area contributed by atoms with Gasteiger partial charge < -0.3 is 15.2 Å². The third-order valence-electron chi connectivity index (χ3n) is 4.72. The fraction of sp³-hybridized carbons (Fsp3) is 0.688. The number of carboxylic acids is 1. The Kier molecular flexibility index (Phi) is 5.09. The molecule has 1 aliphatic heterocycles. The maximum atomic E-state index is 12.7. The first-order chi connectivity index (χ1) is 10.8. The molecule has 1 aromatic heterocycles. The highest BCUT2D eigenvalue weighted by Crippen LogP contribution is 2.28. The van der Waals surface area contributed by atoms with Crippen LogP contribution in [0.4, 0.5) is 0 Å². The summed E-state index contributed by atoms with van der Waals surface area (Å²) in [5.74, 6) is -1.45. The summed E-state index contributed by atoms with van der Waals surface area (Å²) in [5, 5.41) is 16.5. The number of ether oxygens (including phenoxy) is 1. The summed E-state index contributed by atoms with van der Waals surface area (Å²) in [6, 6.07) is 0. The van der Waals surface area contributed by atoms with E-state index in [0.29, 0.717) is 26.1 Å². The SMILES string of the molecule is Cc1nn(C)c(C)c1C(C)C(=O)NC1(CC(=O)O)CCOCC1. The minimum absolute atomic E-state index is 0.0835. The topological polar surface area (TPSA) is 93.5 Å². The molecule has 23 heavy (non-hydrogen) atoms. The fourth-order valence-electron chi connectivity index (χ4n) is 3.31. The standard InChI is InChI=1S/C16H25N3O4/c1-10(14-11(2)18-19(4)12(14)3)15(22)17-16(9-13(20)21)5-7-23-8-6-16/h10H,5-9H2,1-4H3,(H,17,22)(H,20,21). The van der Waals surface area contributed by atoms with Gasteiger partial charge in [-0.3, -0.25) is 14.3 Å². The van der Waals surface area contributed by atoms with Gasteiger partial charge in [-0.1, -0.05) is 0 Å². The van der Waals surface area contributed by atoms with E-state index in [1.807, 2.05) is 27.8 Å². The van der Waals surface area contributed by atoms with Crippen molar-refractivity contribution < 1.29 is 19.4 Å². The lowest BCUT2D eigenvalue weighted by Gasteiger charge is -2.37. The van der Waals surface area contributed by atoms with Crippen LogP contribution in [0.15, 0.2) is 0 Å². The average Bonchev–Trinajstić information content (AvgIpc) is 2.71. The molecular formula is C16H25N3O4. The van der Waals surface area contributed by atoms with Crippen LogP contribution in [0.2, 0.25) is 0 Å². The predicted molar refractivity (Wildman–Crippen MR) is 84.3 cm³/mol. The number of amides is 1. The normalized spacial score (nSPS) is 18.4. The van der Waals surface area contributed by atoms with Crippen LogP contribution in [0.5, 0.6) is 0 Å². The quantitative estimate of drug-likeness (QED) is 0.851. The molecular weight excluding hydrogens is 298 g/mol. The summed E-state index contributed by atoms with van der Waals surface area (Å²) in [6.07, 6.45) is 0.950. The van der Waals surface area contributed by atoms with E-state index in [4.69, 9.17) is 4.74 Å². The monoisotopic (exact) mass is 323 g/mol. The van der Waals surface area contributed by atoms with Crippen molar-refractivity contribution in [2.24, 2.45) is 7.05 Å². The number of nitrogens with zero attached hydrogens (tertiary/aromatic N) is 2. The Hall–Kier alpha value is -1.89. The number of aryl methyl sites for hydroxylation is 2. The number of aromatic nitrogens is 2. The molecule has 2 rings (SSSR count). The van der Waals surface area contributed by atoms with Crippen molar-refractivity contribution in [1.29, 1.82) is 0 Å². The molecule has 1 aromatic rings. The van der Waals surface area contributed by atoms with Crippen molar-refractivity contribution in [3.63, 3.8) is 0 Å². The van der Waals surface area contributed by atoms with Gasteiger partial charge in [0.2, 0.25) is 5.91 Å². The molecule has 1 amide bonds. The van der Waals surface area contributed by atoms with Gasteiger partial charge in [0.1, 0.15) is 0 Å². The molecule has 1 aliphatic rings. The average molecular weight is 323 g/mol. The van der Waals surface area contributed by atoms with Gasteiger partial charge >= 0.3 is 5.97 Å². The second-order valence-corrected chi connectivity index (χ2v) is 6.38. The molecule has 1 fully saturated rings. The highest BCUT2D eigenvalue weighted by molar-refractivity contribution is 5.85. The molecule has 0 spiro atoms. The predicted octanol–water partition coefficient (Wildman–Crippen LogP) is 1.28. The summed E-state index contributed by atoms with van der Waals surface area (Å²) in [6.45, 7) is 6.58. The summed E-state index contributed by atoms with van der Waals surface area (Å²) in [7, 11) is 1.85. The largest absolute Gasteiger partial charge is 0.481 e. The molecule has 0 aromatic carbocycles. The van der Waals surface area contributed by atoms with Gasteiger partial charge in [-0.25, -0.2) is 0 Å². The van der Waals surface area contributed by atoms with Gasteiger partial charge in [0, 0.05) is 31.5 Å². The van der Waals surface area contributed by atoms with Crippen molar-refractivity contribution in [2.45, 2.75) is 51.5 Å². The Morgan fingerprint density at radius 1 is 1.39 bits per heavy atom. The van der Waals surface area contributed by atoms with Crippen molar-refractivity contribution in [1.82, 2.24) is 15.1 Å². The summed E-state index contributed by atoms with van der Waals surface area (Å²) >= 11 is 0. The molecule has 0 aliphatic carbocycles. The van der Waals surface area contributed by atoms with Crippen LogP contribution >= 0.6 is 0 Å². The van der Waals surface area contributed by atoms with Gasteiger partial charge in [-0.05, 0) is 33.6 Å². The van der Waals surface area contributed by atoms with Gasteiger partial charge in [-0.2, -0.15) is 5.10 Å². The molecule has 1 unspecified atom stereocenters. The van der Waals surface area contributed by atoms with E-state index in [-0.39, 0.29) is 18.2 Å². The molecule has 7 heteroatoms. The number of aliphatic carboxylic acids is 1. The molecule has 1 saturated heterocycles. The van der Waals surface area contributed by atoms with Gasteiger partial charge in [0.25, 0.3) is 0 Å². The number of nitrogens with one attached hydrogen (secondary N) is 1. The van der Waals surface area contributed by atoms with Crippen LogP contribution in [0.3, 0.4) is 0 Å². The third kappa shape index (κ3) is 3.72. The summed E-state index contributed by atoms with van der Waals surface area (Å²) in [5.41, 5.74) is 1.96. The number of carbonyl (C=O) groups excluding carboxylic acids is 1. The second-order valence-electron chi connectivity index (χ2n) is 6.38. The lowest BCUT2D eigenvalue weighted by atomic mass is 9.85. The number of rotatable bonds is 5. The van der Waals surface area contributed by atoms with Crippen LogP contribution in [-0.4, -0.2) is 45.5 Å². The number of hydrogen-bond acceptors (Lipinski definition) is 4. The van der Waals surface area contributed by atoms with Gasteiger partial charge in [0.05, 0.1) is 23.6 Å². The molecule has 2 N–H and O–H groups in total. The lowest BCUT2D eigenvalue weighted by Crippen LogP contribution is -2.54. The Morgan fingerprint density at radius 2 is 2.00 bits per heavy atom. The maximum absolute atomic E-state index is 12.7. The van der Waals surface area contributed by atoms with E-state index in [1.165, 1.54) is 0 Å². The first-order valence-corrected chi connectivity index (χ1v) is 7.87. The van der Waals surface area contributed by atoms with E-state index in [0.717, 1.165) is 17.0 Å². The Balaban J connectivity index is 2.19. The Morgan fingerprint density at radius 3 is 2.48 bits per heavy atom. The van der Waals surface area contributed by atoms with Crippen LogP contribution in [0, 0.1) is 13.8 Å². The Bertz CT molecular complexity index is 603. The van der Waals surface area contributed by atoms with Gasteiger partial charge in [-0.15, -0.1) is 0 Å². The molecule has 128 valence electrons. The maximum Gasteiger partial charge on any atom is 0.305 e. The first-order valence-electron chi connectivity index (χ1n) is 7.87. The van der Waals surface area contributed by atoms with E-state index in [1.54, 1.807) is 4.68 Å². The second kappa shape index (κ2) is 6.70. The third-order valence-corrected chi connectivity index (χ3v) is 4.72. The molecule has 2 heterocycles. The fourth-order valence-corrected chi connectivity index (χ4v) is 3.31. The molecule has 7 nitrogen and oxygen atoms in total. The van der Waals surface area contributed by atoms with Crippen LogP contribution in [0.25, 0.3) is 0 Å². The van der Waals surface area contributed by atoms with E-state index >= 15 is 0 Å². The van der Waals surface area contributed by atoms with Crippen molar-refractivity contribution >= 4 is 11.9 Å². The molecule has 0 saturated carbocycles. The first kappa shape index (κ1) is 17.5. The number of hydrogen-bond donors (Lipinski definition) is 2. The zero-order valence-electron chi connectivity index (χ0n) is 14.2. The smallest absolute Gasteiger partial charge is 0.305 e. The van der Waals surface area contributed by atoms with Crippen LogP contribution < -0.4 is 5.32 Å². The van der Waals surface area contributed by atoms with E-state index < -0.39 is 11.5 Å². The highest BCUT2D eigenvalue weighted by Gasteiger charge is 2.38. The zero-order chi connectivity index (χ0) is 17.2. The van der Waals surface area contributed by atoms with Crippen molar-refractivity contribution in [3.05, 3.63) is 17.0 Å². The summed E-state index contributed by atoms with van der Waals surface area (Å²) < 4.78 is 7.08. The highest BCUT2D eigenvalue weighted by atomic mass is 16.5. The van der Waals surface area contributed by atoms with Gasteiger partial charge in [0.15, 0.2) is 0 Å². The Labute approximate surface area is 136 Å². The number of carboxylic acid groups (broad SMARTS) is 1. The number of carbonyl (C=O) groups is 2. The molecule has 0 bridgehead atoms. The molecule has 1 atom stereocenters. The minimum Gasteiger partial charge on any atom is -0.481 e. The van der Waals surface area contributed by atoms with Crippen LogP contribution in [0.1, 0.15) is 49.1 Å². The summed E-state index contributed by atoms with van der Waals surface area (Å²) in [4.78, 5) is 23.9. The minimum atomic E-state index is -0.909. The van der Waals surface area contributed by atoms with E-state index in [9.17, 15) is 14.7 Å². The zero-order valence-corrected chi connectivity index (χ0v) is 14.2. The van der Waals surface area contributed by atoms with Crippen molar-refractivity contribution in [2.75, 3.05) is 13.2 Å².